The molecule has 1 aliphatic heterocycles. The quantitative estimate of drug-likeness (QED) is 0.496. The van der Waals surface area contributed by atoms with Crippen molar-refractivity contribution in [3.8, 4) is 0 Å². The fraction of sp³-hybridized carbons (Fsp3) is 0.529. The number of aryl methyl sites for hydroxylation is 1. The maximum absolute atomic E-state index is 12.6. The van der Waals surface area contributed by atoms with Gasteiger partial charge in [0.2, 0.25) is 10.0 Å². The van der Waals surface area contributed by atoms with Gasteiger partial charge in [0.1, 0.15) is 17.3 Å². The van der Waals surface area contributed by atoms with Crippen molar-refractivity contribution in [2.45, 2.75) is 44.6 Å². The van der Waals surface area contributed by atoms with Crippen molar-refractivity contribution in [1.29, 1.82) is 0 Å². The first kappa shape index (κ1) is 20.2. The summed E-state index contributed by atoms with van der Waals surface area (Å²) in [5.74, 6) is 1.83. The smallest absolute Gasteiger partial charge is 0.293 e. The number of aromatic nitrogens is 3. The second-order valence-corrected chi connectivity index (χ2v) is 8.43. The Morgan fingerprint density at radius 2 is 2.04 bits per heavy atom. The topological polar surface area (TPSA) is 123 Å². The monoisotopic (exact) mass is 408 g/mol. The Hall–Kier alpha value is -2.53. The van der Waals surface area contributed by atoms with Crippen LogP contribution < -0.4 is 5.32 Å². The van der Waals surface area contributed by atoms with E-state index in [1.807, 2.05) is 0 Å². The summed E-state index contributed by atoms with van der Waals surface area (Å²) in [5.41, 5.74) is 0.0179. The number of nitro groups is 1. The first-order valence-corrected chi connectivity index (χ1v) is 10.8. The Labute approximate surface area is 163 Å². The molecule has 10 nitrogen and oxygen atoms in total. The molecular weight excluding hydrogens is 384 g/mol. The molecule has 2 aromatic rings. The lowest BCUT2D eigenvalue weighted by Gasteiger charge is -2.18. The van der Waals surface area contributed by atoms with Gasteiger partial charge in [-0.25, -0.2) is 8.42 Å². The fourth-order valence-electron chi connectivity index (χ4n) is 3.39. The van der Waals surface area contributed by atoms with Crippen LogP contribution in [0.15, 0.2) is 23.1 Å². The Morgan fingerprint density at radius 3 is 2.71 bits per heavy atom. The second kappa shape index (κ2) is 8.23. The number of nitrogens with one attached hydrogen (secondary N) is 1. The van der Waals surface area contributed by atoms with E-state index in [4.69, 9.17) is 0 Å². The van der Waals surface area contributed by atoms with Crippen LogP contribution in [0.1, 0.15) is 31.9 Å². The molecule has 0 radical (unpaired) electrons. The zero-order valence-electron chi connectivity index (χ0n) is 16.0. The SMILES string of the molecule is CCN(CC)S(=O)(=O)c1ccc(NCCc2nnc3n2CCC3)c([N+](=O)[O-])c1. The van der Waals surface area contributed by atoms with E-state index in [1.54, 1.807) is 13.8 Å². The Kier molecular flexibility index (Phi) is 5.94. The van der Waals surface area contributed by atoms with Crippen LogP contribution in [0.4, 0.5) is 11.4 Å². The molecule has 0 aliphatic carbocycles. The van der Waals surface area contributed by atoms with Gasteiger partial charge >= 0.3 is 0 Å². The lowest BCUT2D eigenvalue weighted by Crippen LogP contribution is -2.30. The number of nitrogens with zero attached hydrogens (tertiary/aromatic N) is 5. The third-order valence-corrected chi connectivity index (χ3v) is 6.91. The molecule has 28 heavy (non-hydrogen) atoms. The predicted octanol–water partition coefficient (Wildman–Crippen LogP) is 1.82. The molecule has 0 atom stereocenters. The first-order valence-electron chi connectivity index (χ1n) is 9.31. The Morgan fingerprint density at radius 1 is 1.29 bits per heavy atom. The number of fused-ring (bicyclic) bond motifs is 1. The molecule has 0 spiro atoms. The van der Waals surface area contributed by atoms with Crippen LogP contribution in [0.5, 0.6) is 0 Å². The number of anilines is 1. The van der Waals surface area contributed by atoms with E-state index in [-0.39, 0.29) is 16.3 Å². The molecule has 0 saturated heterocycles. The Balaban J connectivity index is 1.77. The normalized spacial score (nSPS) is 13.7. The van der Waals surface area contributed by atoms with Crippen molar-refractivity contribution in [3.63, 3.8) is 0 Å². The number of nitro benzene ring substituents is 1. The molecule has 3 rings (SSSR count). The summed E-state index contributed by atoms with van der Waals surface area (Å²) in [5, 5.41) is 22.8. The van der Waals surface area contributed by atoms with Crippen LogP contribution in [-0.2, 0) is 29.4 Å². The van der Waals surface area contributed by atoms with Gasteiger partial charge in [-0.2, -0.15) is 4.31 Å². The minimum Gasteiger partial charge on any atom is -0.379 e. The first-order chi connectivity index (χ1) is 13.4. The molecule has 11 heteroatoms. The molecule has 0 bridgehead atoms. The van der Waals surface area contributed by atoms with E-state index < -0.39 is 14.9 Å². The fourth-order valence-corrected chi connectivity index (χ4v) is 4.87. The molecule has 1 aromatic carbocycles. The van der Waals surface area contributed by atoms with Gasteiger partial charge < -0.3 is 9.88 Å². The third-order valence-electron chi connectivity index (χ3n) is 4.86. The molecular formula is C17H24N6O4S. The summed E-state index contributed by atoms with van der Waals surface area (Å²) in [6.07, 6.45) is 2.55. The summed E-state index contributed by atoms with van der Waals surface area (Å²) in [4.78, 5) is 10.8. The van der Waals surface area contributed by atoms with Crippen molar-refractivity contribution < 1.29 is 13.3 Å². The molecule has 2 heterocycles. The van der Waals surface area contributed by atoms with E-state index in [9.17, 15) is 18.5 Å². The second-order valence-electron chi connectivity index (χ2n) is 6.49. The summed E-state index contributed by atoms with van der Waals surface area (Å²) < 4.78 is 28.6. The maximum atomic E-state index is 12.6. The van der Waals surface area contributed by atoms with Crippen LogP contribution >= 0.6 is 0 Å². The van der Waals surface area contributed by atoms with E-state index >= 15 is 0 Å². The van der Waals surface area contributed by atoms with Gasteiger partial charge in [-0.15, -0.1) is 10.2 Å². The van der Waals surface area contributed by atoms with Crippen molar-refractivity contribution in [2.75, 3.05) is 25.0 Å². The van der Waals surface area contributed by atoms with E-state index in [2.05, 4.69) is 20.1 Å². The molecule has 0 unspecified atom stereocenters. The zero-order valence-corrected chi connectivity index (χ0v) is 16.8. The third kappa shape index (κ3) is 3.85. The summed E-state index contributed by atoms with van der Waals surface area (Å²) in [6, 6.07) is 3.96. The molecule has 1 aliphatic rings. The number of rotatable bonds is 9. The van der Waals surface area contributed by atoms with E-state index in [0.29, 0.717) is 26.1 Å². The van der Waals surface area contributed by atoms with Crippen LogP contribution in [0.2, 0.25) is 0 Å². The standard InChI is InChI=1S/C17H24N6O4S/c1-3-21(4-2)28(26,27)13-7-8-14(15(12-13)23(24)25)18-10-9-17-20-19-16-6-5-11-22(16)17/h7-8,12,18H,3-6,9-11H2,1-2H3. The minimum atomic E-state index is -3.76. The highest BCUT2D eigenvalue weighted by Crippen LogP contribution is 2.29. The molecule has 152 valence electrons. The summed E-state index contributed by atoms with van der Waals surface area (Å²) in [6.45, 7) is 5.39. The van der Waals surface area contributed by atoms with Gasteiger partial charge in [-0.3, -0.25) is 10.1 Å². The van der Waals surface area contributed by atoms with Crippen molar-refractivity contribution in [2.24, 2.45) is 0 Å². The predicted molar refractivity (Wildman–Crippen MR) is 104 cm³/mol. The van der Waals surface area contributed by atoms with Gasteiger partial charge in [0.15, 0.2) is 0 Å². The number of hydrogen-bond donors (Lipinski definition) is 1. The highest BCUT2D eigenvalue weighted by atomic mass is 32.2. The van der Waals surface area contributed by atoms with Gasteiger partial charge in [0, 0.05) is 45.1 Å². The van der Waals surface area contributed by atoms with Gasteiger partial charge in [0.05, 0.1) is 9.82 Å². The highest BCUT2D eigenvalue weighted by molar-refractivity contribution is 7.89. The van der Waals surface area contributed by atoms with Crippen molar-refractivity contribution in [3.05, 3.63) is 40.0 Å². The van der Waals surface area contributed by atoms with Crippen LogP contribution in [0, 0.1) is 10.1 Å². The largest absolute Gasteiger partial charge is 0.379 e. The lowest BCUT2D eigenvalue weighted by molar-refractivity contribution is -0.384. The van der Waals surface area contributed by atoms with Crippen molar-refractivity contribution >= 4 is 21.4 Å². The molecule has 0 saturated carbocycles. The van der Waals surface area contributed by atoms with E-state index in [1.165, 1.54) is 16.4 Å². The molecule has 0 amide bonds. The van der Waals surface area contributed by atoms with Gasteiger partial charge in [-0.1, -0.05) is 13.8 Å². The molecule has 0 fully saturated rings. The zero-order chi connectivity index (χ0) is 20.3. The van der Waals surface area contributed by atoms with Crippen LogP contribution in [0.25, 0.3) is 0 Å². The average Bonchev–Trinajstić information content (AvgIpc) is 3.27. The van der Waals surface area contributed by atoms with Gasteiger partial charge in [-0.05, 0) is 18.6 Å². The molecule has 1 N–H and O–H groups in total. The van der Waals surface area contributed by atoms with Crippen LogP contribution in [-0.4, -0.2) is 52.0 Å². The van der Waals surface area contributed by atoms with Crippen molar-refractivity contribution in [1.82, 2.24) is 19.1 Å². The Bertz CT molecular complexity index is 968. The number of hydrogen-bond acceptors (Lipinski definition) is 7. The highest BCUT2D eigenvalue weighted by Gasteiger charge is 2.25. The number of benzene rings is 1. The average molecular weight is 408 g/mol. The number of sulfonamides is 1. The summed E-state index contributed by atoms with van der Waals surface area (Å²) >= 11 is 0. The van der Waals surface area contributed by atoms with Gasteiger partial charge in [0.25, 0.3) is 5.69 Å². The summed E-state index contributed by atoms with van der Waals surface area (Å²) in [7, 11) is -3.76. The van der Waals surface area contributed by atoms with E-state index in [0.717, 1.165) is 37.1 Å². The molecule has 1 aromatic heterocycles. The lowest BCUT2D eigenvalue weighted by atomic mass is 10.2. The maximum Gasteiger partial charge on any atom is 0.293 e. The van der Waals surface area contributed by atoms with Crippen LogP contribution in [0.3, 0.4) is 0 Å². The minimum absolute atomic E-state index is 0.0799.